The predicted molar refractivity (Wildman–Crippen MR) is 62.2 cm³/mol. The second kappa shape index (κ2) is 6.25. The van der Waals surface area contributed by atoms with Crippen LogP contribution in [0.3, 0.4) is 0 Å². The first-order valence-corrected chi connectivity index (χ1v) is 5.18. The SMILES string of the molecule is C=CCC(OCC)c1ccc(OC)cc1. The smallest absolute Gasteiger partial charge is 0.118 e. The molecule has 0 aromatic heterocycles. The van der Waals surface area contributed by atoms with Gasteiger partial charge in [-0.2, -0.15) is 0 Å². The van der Waals surface area contributed by atoms with E-state index in [1.165, 1.54) is 0 Å². The van der Waals surface area contributed by atoms with Crippen molar-refractivity contribution >= 4 is 0 Å². The molecule has 0 fully saturated rings. The van der Waals surface area contributed by atoms with Crippen LogP contribution in [0.4, 0.5) is 0 Å². The van der Waals surface area contributed by atoms with Crippen LogP contribution in [0.15, 0.2) is 36.9 Å². The third-order valence-corrected chi connectivity index (χ3v) is 2.24. The molecule has 0 saturated carbocycles. The number of benzene rings is 1. The van der Waals surface area contributed by atoms with Crippen molar-refractivity contribution in [1.82, 2.24) is 0 Å². The molecule has 0 saturated heterocycles. The maximum atomic E-state index is 5.63. The quantitative estimate of drug-likeness (QED) is 0.664. The fourth-order valence-electron chi connectivity index (χ4n) is 1.47. The van der Waals surface area contributed by atoms with E-state index in [1.54, 1.807) is 7.11 Å². The molecule has 0 bridgehead atoms. The standard InChI is InChI=1S/C13H18O2/c1-4-6-13(15-5-2)11-7-9-12(14-3)10-8-11/h4,7-10,13H,1,5-6H2,2-3H3. The van der Waals surface area contributed by atoms with Crippen LogP contribution in [0.1, 0.15) is 25.0 Å². The Bertz CT molecular complexity index is 290. The van der Waals surface area contributed by atoms with Crippen LogP contribution in [0.2, 0.25) is 0 Å². The van der Waals surface area contributed by atoms with Crippen LogP contribution in [0.5, 0.6) is 5.75 Å². The van der Waals surface area contributed by atoms with Crippen LogP contribution in [0.25, 0.3) is 0 Å². The normalized spacial score (nSPS) is 12.1. The van der Waals surface area contributed by atoms with Crippen LogP contribution < -0.4 is 4.74 Å². The average molecular weight is 206 g/mol. The molecular weight excluding hydrogens is 188 g/mol. The van der Waals surface area contributed by atoms with Gasteiger partial charge in [-0.3, -0.25) is 0 Å². The highest BCUT2D eigenvalue weighted by Crippen LogP contribution is 2.23. The zero-order chi connectivity index (χ0) is 11.1. The lowest BCUT2D eigenvalue weighted by atomic mass is 10.1. The Hall–Kier alpha value is -1.28. The molecule has 0 aliphatic carbocycles. The molecular formula is C13H18O2. The van der Waals surface area contributed by atoms with E-state index in [1.807, 2.05) is 37.3 Å². The molecule has 1 atom stereocenters. The van der Waals surface area contributed by atoms with Gasteiger partial charge in [0.05, 0.1) is 13.2 Å². The fraction of sp³-hybridized carbons (Fsp3) is 0.385. The van der Waals surface area contributed by atoms with Gasteiger partial charge in [-0.05, 0) is 31.0 Å². The molecule has 0 radical (unpaired) electrons. The molecule has 82 valence electrons. The topological polar surface area (TPSA) is 18.5 Å². The van der Waals surface area contributed by atoms with Crippen molar-refractivity contribution in [2.75, 3.05) is 13.7 Å². The van der Waals surface area contributed by atoms with Crippen molar-refractivity contribution in [3.63, 3.8) is 0 Å². The average Bonchev–Trinajstić information content (AvgIpc) is 2.29. The van der Waals surface area contributed by atoms with E-state index in [-0.39, 0.29) is 6.10 Å². The van der Waals surface area contributed by atoms with E-state index in [9.17, 15) is 0 Å². The van der Waals surface area contributed by atoms with Crippen LogP contribution in [-0.4, -0.2) is 13.7 Å². The molecule has 0 aliphatic rings. The fourth-order valence-corrected chi connectivity index (χ4v) is 1.47. The summed E-state index contributed by atoms with van der Waals surface area (Å²) < 4.78 is 10.7. The molecule has 0 N–H and O–H groups in total. The first kappa shape index (κ1) is 11.8. The van der Waals surface area contributed by atoms with Gasteiger partial charge >= 0.3 is 0 Å². The molecule has 1 aromatic rings. The van der Waals surface area contributed by atoms with E-state index in [4.69, 9.17) is 9.47 Å². The van der Waals surface area contributed by atoms with Gasteiger partial charge in [-0.1, -0.05) is 18.2 Å². The first-order valence-electron chi connectivity index (χ1n) is 5.18. The lowest BCUT2D eigenvalue weighted by Crippen LogP contribution is -2.03. The molecule has 0 aliphatic heterocycles. The summed E-state index contributed by atoms with van der Waals surface area (Å²) in [6.07, 6.45) is 2.82. The van der Waals surface area contributed by atoms with Crippen molar-refractivity contribution < 1.29 is 9.47 Å². The molecule has 15 heavy (non-hydrogen) atoms. The highest BCUT2D eigenvalue weighted by molar-refractivity contribution is 5.28. The minimum atomic E-state index is 0.110. The molecule has 1 aromatic carbocycles. The first-order chi connectivity index (χ1) is 7.31. The summed E-state index contributed by atoms with van der Waals surface area (Å²) >= 11 is 0. The zero-order valence-corrected chi connectivity index (χ0v) is 9.40. The Labute approximate surface area is 91.5 Å². The van der Waals surface area contributed by atoms with Gasteiger partial charge < -0.3 is 9.47 Å². The second-order valence-corrected chi connectivity index (χ2v) is 3.24. The lowest BCUT2D eigenvalue weighted by molar-refractivity contribution is 0.0648. The summed E-state index contributed by atoms with van der Waals surface area (Å²) in [5.41, 5.74) is 1.16. The lowest BCUT2D eigenvalue weighted by Gasteiger charge is -2.15. The Morgan fingerprint density at radius 2 is 2.00 bits per heavy atom. The van der Waals surface area contributed by atoms with Crippen molar-refractivity contribution in [2.24, 2.45) is 0 Å². The monoisotopic (exact) mass is 206 g/mol. The largest absolute Gasteiger partial charge is 0.497 e. The summed E-state index contributed by atoms with van der Waals surface area (Å²) in [6.45, 7) is 6.45. The molecule has 0 amide bonds. The molecule has 2 heteroatoms. The van der Waals surface area contributed by atoms with E-state index >= 15 is 0 Å². The molecule has 0 heterocycles. The van der Waals surface area contributed by atoms with Crippen molar-refractivity contribution in [1.29, 1.82) is 0 Å². The number of hydrogen-bond donors (Lipinski definition) is 0. The Kier molecular flexibility index (Phi) is 4.91. The van der Waals surface area contributed by atoms with E-state index in [0.29, 0.717) is 6.61 Å². The molecule has 1 unspecified atom stereocenters. The van der Waals surface area contributed by atoms with E-state index in [2.05, 4.69) is 6.58 Å². The van der Waals surface area contributed by atoms with Crippen LogP contribution in [0, 0.1) is 0 Å². The van der Waals surface area contributed by atoms with Gasteiger partial charge in [0.1, 0.15) is 5.75 Å². The third-order valence-electron chi connectivity index (χ3n) is 2.24. The van der Waals surface area contributed by atoms with Crippen LogP contribution >= 0.6 is 0 Å². The van der Waals surface area contributed by atoms with E-state index in [0.717, 1.165) is 17.7 Å². The Morgan fingerprint density at radius 3 is 2.47 bits per heavy atom. The summed E-state index contributed by atoms with van der Waals surface area (Å²) in [4.78, 5) is 0. The maximum absolute atomic E-state index is 5.63. The van der Waals surface area contributed by atoms with Crippen molar-refractivity contribution in [3.8, 4) is 5.75 Å². The maximum Gasteiger partial charge on any atom is 0.118 e. The summed E-state index contributed by atoms with van der Waals surface area (Å²) in [7, 11) is 1.67. The molecule has 1 rings (SSSR count). The summed E-state index contributed by atoms with van der Waals surface area (Å²) in [5, 5.41) is 0. The van der Waals surface area contributed by atoms with Gasteiger partial charge in [0.2, 0.25) is 0 Å². The number of hydrogen-bond acceptors (Lipinski definition) is 2. The summed E-state index contributed by atoms with van der Waals surface area (Å²) in [6, 6.07) is 7.96. The molecule has 0 spiro atoms. The Morgan fingerprint density at radius 1 is 1.33 bits per heavy atom. The van der Waals surface area contributed by atoms with Gasteiger partial charge in [-0.15, -0.1) is 6.58 Å². The van der Waals surface area contributed by atoms with Gasteiger partial charge in [-0.25, -0.2) is 0 Å². The minimum Gasteiger partial charge on any atom is -0.497 e. The van der Waals surface area contributed by atoms with Gasteiger partial charge in [0.25, 0.3) is 0 Å². The van der Waals surface area contributed by atoms with E-state index < -0.39 is 0 Å². The predicted octanol–water partition coefficient (Wildman–Crippen LogP) is 3.35. The number of methoxy groups -OCH3 is 1. The van der Waals surface area contributed by atoms with Gasteiger partial charge in [0.15, 0.2) is 0 Å². The summed E-state index contributed by atoms with van der Waals surface area (Å²) in [5.74, 6) is 0.868. The zero-order valence-electron chi connectivity index (χ0n) is 9.40. The highest BCUT2D eigenvalue weighted by atomic mass is 16.5. The van der Waals surface area contributed by atoms with Crippen molar-refractivity contribution in [2.45, 2.75) is 19.4 Å². The number of ether oxygens (including phenoxy) is 2. The molecule has 2 nitrogen and oxygen atoms in total. The Balaban J connectivity index is 2.76. The highest BCUT2D eigenvalue weighted by Gasteiger charge is 2.09. The van der Waals surface area contributed by atoms with Crippen LogP contribution in [-0.2, 0) is 4.74 Å². The second-order valence-electron chi connectivity index (χ2n) is 3.24. The van der Waals surface area contributed by atoms with Crippen molar-refractivity contribution in [3.05, 3.63) is 42.5 Å². The van der Waals surface area contributed by atoms with Gasteiger partial charge in [0, 0.05) is 6.61 Å². The third kappa shape index (κ3) is 3.40. The minimum absolute atomic E-state index is 0.110. The number of rotatable bonds is 6.